The molecule has 0 fully saturated rings. The summed E-state index contributed by atoms with van der Waals surface area (Å²) in [7, 11) is 0. The third-order valence-corrected chi connectivity index (χ3v) is 6.12. The summed E-state index contributed by atoms with van der Waals surface area (Å²) < 4.78 is 0. The topological polar surface area (TPSA) is 12.0 Å². The van der Waals surface area contributed by atoms with Gasteiger partial charge in [-0.15, -0.1) is 12.4 Å². The van der Waals surface area contributed by atoms with Gasteiger partial charge in [0.05, 0.1) is 0 Å². The van der Waals surface area contributed by atoms with E-state index in [9.17, 15) is 0 Å². The van der Waals surface area contributed by atoms with E-state index in [2.05, 4.69) is 56.4 Å². The average molecular weight is 438 g/mol. The van der Waals surface area contributed by atoms with Crippen LogP contribution in [0, 0.1) is 0 Å². The highest BCUT2D eigenvalue weighted by Gasteiger charge is 2.16. The molecule has 0 spiro atoms. The van der Waals surface area contributed by atoms with Gasteiger partial charge in [0.15, 0.2) is 0 Å². The lowest BCUT2D eigenvalue weighted by Gasteiger charge is -2.26. The highest BCUT2D eigenvalue weighted by molar-refractivity contribution is 5.85. The van der Waals surface area contributed by atoms with Crippen molar-refractivity contribution in [1.82, 2.24) is 5.32 Å². The molecule has 0 saturated heterocycles. The Hall–Kier alpha value is -0.530. The van der Waals surface area contributed by atoms with Gasteiger partial charge >= 0.3 is 0 Å². The van der Waals surface area contributed by atoms with Crippen LogP contribution in [0.1, 0.15) is 129 Å². The van der Waals surface area contributed by atoms with Crippen LogP contribution >= 0.6 is 12.4 Å². The van der Waals surface area contributed by atoms with Crippen molar-refractivity contribution in [2.24, 2.45) is 0 Å². The fourth-order valence-corrected chi connectivity index (χ4v) is 4.27. The smallest absolute Gasteiger partial charge is 0.0165 e. The molecule has 1 N–H and O–H groups in total. The Kier molecular flexibility index (Phi) is 20.0. The largest absolute Gasteiger partial charge is 0.311 e. The quantitative estimate of drug-likeness (QED) is 0.200. The zero-order valence-corrected chi connectivity index (χ0v) is 21.3. The van der Waals surface area contributed by atoms with E-state index in [0.717, 1.165) is 13.0 Å². The molecule has 1 rings (SSSR count). The molecule has 0 saturated carbocycles. The van der Waals surface area contributed by atoms with Gasteiger partial charge in [-0.2, -0.15) is 0 Å². The first-order valence-corrected chi connectivity index (χ1v) is 12.9. The van der Waals surface area contributed by atoms with E-state index < -0.39 is 0 Å². The molecule has 176 valence electrons. The predicted molar refractivity (Wildman–Crippen MR) is 139 cm³/mol. The Labute approximate surface area is 195 Å². The number of hydrogen-bond acceptors (Lipinski definition) is 1. The molecule has 0 aromatic heterocycles. The maximum Gasteiger partial charge on any atom is 0.0165 e. The van der Waals surface area contributed by atoms with Crippen molar-refractivity contribution >= 4 is 12.4 Å². The van der Waals surface area contributed by atoms with Gasteiger partial charge in [-0.3, -0.25) is 0 Å². The number of rotatable bonds is 20. The van der Waals surface area contributed by atoms with Crippen molar-refractivity contribution in [2.45, 2.75) is 135 Å². The monoisotopic (exact) mass is 437 g/mol. The summed E-state index contributed by atoms with van der Waals surface area (Å²) in [6, 6.07) is 10.8. The molecule has 30 heavy (non-hydrogen) atoms. The Morgan fingerprint density at radius 3 is 1.43 bits per heavy atom. The lowest BCUT2D eigenvalue weighted by atomic mass is 9.95. The SMILES string of the molecule is CCCCCCCCCCCCCCCCCCNC(C)(C)Cc1ccccc1.Cl. The number of unbranched alkanes of at least 4 members (excludes halogenated alkanes) is 15. The lowest BCUT2D eigenvalue weighted by molar-refractivity contribution is 0.379. The predicted octanol–water partition coefficient (Wildman–Crippen LogP) is 9.28. The Morgan fingerprint density at radius 2 is 1.00 bits per heavy atom. The minimum absolute atomic E-state index is 0. The van der Waals surface area contributed by atoms with E-state index in [1.54, 1.807) is 0 Å². The summed E-state index contributed by atoms with van der Waals surface area (Å²) in [6.45, 7) is 8.10. The highest BCUT2D eigenvalue weighted by atomic mass is 35.5. The van der Waals surface area contributed by atoms with Crippen LogP contribution in [0.25, 0.3) is 0 Å². The van der Waals surface area contributed by atoms with Crippen LogP contribution in [0.15, 0.2) is 30.3 Å². The van der Waals surface area contributed by atoms with Crippen LogP contribution in [0.5, 0.6) is 0 Å². The number of halogens is 1. The van der Waals surface area contributed by atoms with Crippen LogP contribution in [-0.2, 0) is 6.42 Å². The van der Waals surface area contributed by atoms with E-state index >= 15 is 0 Å². The Balaban J connectivity index is 0.00000841. The minimum Gasteiger partial charge on any atom is -0.311 e. The van der Waals surface area contributed by atoms with Gasteiger partial charge in [0.1, 0.15) is 0 Å². The molecule has 0 unspecified atom stereocenters. The summed E-state index contributed by atoms with van der Waals surface area (Å²) >= 11 is 0. The van der Waals surface area contributed by atoms with Gasteiger partial charge in [0, 0.05) is 5.54 Å². The lowest BCUT2D eigenvalue weighted by Crippen LogP contribution is -2.41. The first-order valence-electron chi connectivity index (χ1n) is 12.9. The molecule has 0 aliphatic rings. The van der Waals surface area contributed by atoms with E-state index in [-0.39, 0.29) is 17.9 Å². The Morgan fingerprint density at radius 1 is 0.600 bits per heavy atom. The molecule has 0 aliphatic carbocycles. The van der Waals surface area contributed by atoms with Gasteiger partial charge in [-0.25, -0.2) is 0 Å². The van der Waals surface area contributed by atoms with Crippen LogP contribution in [0.4, 0.5) is 0 Å². The van der Waals surface area contributed by atoms with Gasteiger partial charge < -0.3 is 5.32 Å². The molecule has 1 nitrogen and oxygen atoms in total. The van der Waals surface area contributed by atoms with Gasteiger partial charge in [0.25, 0.3) is 0 Å². The van der Waals surface area contributed by atoms with Crippen LogP contribution in [-0.4, -0.2) is 12.1 Å². The second kappa shape index (κ2) is 20.4. The number of hydrogen-bond donors (Lipinski definition) is 1. The molecule has 0 bridgehead atoms. The molecule has 0 amide bonds. The molecule has 2 heteroatoms. The third kappa shape index (κ3) is 18.3. The maximum absolute atomic E-state index is 3.76. The van der Waals surface area contributed by atoms with Crippen molar-refractivity contribution in [3.05, 3.63) is 35.9 Å². The van der Waals surface area contributed by atoms with E-state index in [4.69, 9.17) is 0 Å². The number of benzene rings is 1. The van der Waals surface area contributed by atoms with E-state index in [0.29, 0.717) is 0 Å². The van der Waals surface area contributed by atoms with Crippen LogP contribution in [0.2, 0.25) is 0 Å². The zero-order valence-electron chi connectivity index (χ0n) is 20.5. The van der Waals surface area contributed by atoms with E-state index in [1.807, 2.05) is 0 Å². The third-order valence-electron chi connectivity index (χ3n) is 6.12. The van der Waals surface area contributed by atoms with Gasteiger partial charge in [0.2, 0.25) is 0 Å². The molecule has 1 aromatic rings. The van der Waals surface area contributed by atoms with Crippen LogP contribution < -0.4 is 5.32 Å². The Bertz CT molecular complexity index is 457. The normalized spacial score (nSPS) is 11.4. The molecular formula is C28H52ClN. The summed E-state index contributed by atoms with van der Waals surface area (Å²) in [5, 5.41) is 3.76. The molecule has 0 heterocycles. The maximum atomic E-state index is 3.76. The van der Waals surface area contributed by atoms with Gasteiger partial charge in [-0.05, 0) is 38.8 Å². The fourth-order valence-electron chi connectivity index (χ4n) is 4.27. The first-order chi connectivity index (χ1) is 14.1. The van der Waals surface area contributed by atoms with E-state index in [1.165, 1.54) is 108 Å². The second-order valence-corrected chi connectivity index (χ2v) is 9.78. The second-order valence-electron chi connectivity index (χ2n) is 9.78. The molecular weight excluding hydrogens is 386 g/mol. The highest BCUT2D eigenvalue weighted by Crippen LogP contribution is 2.15. The molecule has 0 radical (unpaired) electrons. The summed E-state index contributed by atoms with van der Waals surface area (Å²) in [5.74, 6) is 0. The van der Waals surface area contributed by atoms with Crippen molar-refractivity contribution in [1.29, 1.82) is 0 Å². The van der Waals surface area contributed by atoms with Crippen molar-refractivity contribution < 1.29 is 0 Å². The average Bonchev–Trinajstić information content (AvgIpc) is 2.70. The zero-order chi connectivity index (χ0) is 21.0. The summed E-state index contributed by atoms with van der Waals surface area (Å²) in [6.07, 6.45) is 24.1. The molecule has 0 aliphatic heterocycles. The molecule has 1 aromatic carbocycles. The van der Waals surface area contributed by atoms with Crippen molar-refractivity contribution in [2.75, 3.05) is 6.54 Å². The fraction of sp³-hybridized carbons (Fsp3) is 0.786. The molecule has 0 atom stereocenters. The standard InChI is InChI=1S/C28H51N.ClH/c1-4-5-6-7-8-9-10-11-12-13-14-15-16-17-18-22-25-29-28(2,3)26-27-23-20-19-21-24-27;/h19-21,23-24,29H,4-18,22,25-26H2,1-3H3;1H. The first kappa shape index (κ1) is 29.5. The van der Waals surface area contributed by atoms with Crippen LogP contribution in [0.3, 0.4) is 0 Å². The summed E-state index contributed by atoms with van der Waals surface area (Å²) in [5.41, 5.74) is 1.62. The minimum atomic E-state index is 0. The summed E-state index contributed by atoms with van der Waals surface area (Å²) in [4.78, 5) is 0. The van der Waals surface area contributed by atoms with Crippen molar-refractivity contribution in [3.63, 3.8) is 0 Å². The van der Waals surface area contributed by atoms with Gasteiger partial charge in [-0.1, -0.05) is 134 Å². The van der Waals surface area contributed by atoms with Crippen molar-refractivity contribution in [3.8, 4) is 0 Å². The number of nitrogens with one attached hydrogen (secondary N) is 1.